The Hall–Kier alpha value is -2.22. The number of piperidine rings is 1. The van der Waals surface area contributed by atoms with E-state index in [1.54, 1.807) is 12.0 Å². The summed E-state index contributed by atoms with van der Waals surface area (Å²) in [6.45, 7) is 4.55. The molecular weight excluding hydrogens is 406 g/mol. The number of aliphatic hydroxyl groups is 1. The lowest BCUT2D eigenvalue weighted by Gasteiger charge is -2.23. The highest BCUT2D eigenvalue weighted by atomic mass is 16.5. The molecule has 7 nitrogen and oxygen atoms in total. The Balaban J connectivity index is 1.53. The third-order valence-corrected chi connectivity index (χ3v) is 6.55. The van der Waals surface area contributed by atoms with Crippen LogP contribution in [0.5, 0.6) is 0 Å². The molecule has 32 heavy (non-hydrogen) atoms. The topological polar surface area (TPSA) is 90.9 Å². The van der Waals surface area contributed by atoms with Crippen LogP contribution in [0.2, 0.25) is 0 Å². The quantitative estimate of drug-likeness (QED) is 0.511. The Morgan fingerprint density at radius 3 is 2.72 bits per heavy atom. The Kier molecular flexibility index (Phi) is 9.26. The van der Waals surface area contributed by atoms with Gasteiger partial charge in [0.15, 0.2) is 0 Å². The SMILES string of the molecule is CO[C@H](c1ccc(NC(=O)C2CCCNC2)cc1)[C@H](C)/C=C/CC(=O)N1CCC[C@H]1CO. The van der Waals surface area contributed by atoms with Crippen LogP contribution in [0, 0.1) is 11.8 Å². The number of anilines is 1. The number of likely N-dealkylation sites (tertiary alicyclic amines) is 1. The van der Waals surface area contributed by atoms with E-state index in [1.165, 1.54) is 0 Å². The molecule has 0 radical (unpaired) electrons. The molecule has 2 heterocycles. The summed E-state index contributed by atoms with van der Waals surface area (Å²) in [5.74, 6) is 0.230. The molecule has 1 aromatic carbocycles. The molecule has 2 fully saturated rings. The van der Waals surface area contributed by atoms with Crippen LogP contribution >= 0.6 is 0 Å². The zero-order valence-corrected chi connectivity index (χ0v) is 19.3. The van der Waals surface area contributed by atoms with Gasteiger partial charge in [0, 0.05) is 38.2 Å². The van der Waals surface area contributed by atoms with Gasteiger partial charge in [-0.1, -0.05) is 31.2 Å². The van der Waals surface area contributed by atoms with E-state index in [1.807, 2.05) is 36.4 Å². The third-order valence-electron chi connectivity index (χ3n) is 6.55. The average molecular weight is 444 g/mol. The van der Waals surface area contributed by atoms with E-state index in [0.717, 1.165) is 56.6 Å². The van der Waals surface area contributed by atoms with Crippen LogP contribution in [0.25, 0.3) is 0 Å². The molecule has 7 heteroatoms. The van der Waals surface area contributed by atoms with E-state index in [-0.39, 0.29) is 42.4 Å². The molecule has 2 amide bonds. The van der Waals surface area contributed by atoms with Gasteiger partial charge in [-0.2, -0.15) is 0 Å². The van der Waals surface area contributed by atoms with Crippen molar-refractivity contribution in [3.05, 3.63) is 42.0 Å². The number of carbonyl (C=O) groups is 2. The maximum Gasteiger partial charge on any atom is 0.228 e. The molecule has 0 saturated carbocycles. The summed E-state index contributed by atoms with van der Waals surface area (Å²) < 4.78 is 5.73. The predicted molar refractivity (Wildman–Crippen MR) is 125 cm³/mol. The van der Waals surface area contributed by atoms with Crippen LogP contribution in [0.15, 0.2) is 36.4 Å². The number of benzene rings is 1. The number of ether oxygens (including phenoxy) is 1. The maximum absolute atomic E-state index is 12.4. The highest BCUT2D eigenvalue weighted by molar-refractivity contribution is 5.92. The van der Waals surface area contributed by atoms with Crippen molar-refractivity contribution < 1.29 is 19.4 Å². The number of carbonyl (C=O) groups excluding carboxylic acids is 2. The lowest BCUT2D eigenvalue weighted by atomic mass is 9.96. The molecule has 1 unspecified atom stereocenters. The van der Waals surface area contributed by atoms with E-state index in [0.29, 0.717) is 6.42 Å². The molecule has 0 aromatic heterocycles. The van der Waals surface area contributed by atoms with Crippen molar-refractivity contribution in [2.24, 2.45) is 11.8 Å². The first kappa shape index (κ1) is 24.4. The van der Waals surface area contributed by atoms with Crippen molar-refractivity contribution >= 4 is 17.5 Å². The van der Waals surface area contributed by atoms with Crippen molar-refractivity contribution in [3.8, 4) is 0 Å². The van der Waals surface area contributed by atoms with Gasteiger partial charge in [-0.15, -0.1) is 0 Å². The molecule has 0 spiro atoms. The smallest absolute Gasteiger partial charge is 0.228 e. The van der Waals surface area contributed by atoms with Gasteiger partial charge in [-0.3, -0.25) is 9.59 Å². The molecule has 2 saturated heterocycles. The predicted octanol–water partition coefficient (Wildman–Crippen LogP) is 2.88. The summed E-state index contributed by atoms with van der Waals surface area (Å²) in [7, 11) is 1.68. The Morgan fingerprint density at radius 2 is 2.06 bits per heavy atom. The van der Waals surface area contributed by atoms with Crippen LogP contribution in [0.4, 0.5) is 5.69 Å². The van der Waals surface area contributed by atoms with Gasteiger partial charge < -0.3 is 25.4 Å². The van der Waals surface area contributed by atoms with Crippen LogP contribution in [0.3, 0.4) is 0 Å². The number of hydrogen-bond donors (Lipinski definition) is 3. The molecule has 2 aliphatic rings. The summed E-state index contributed by atoms with van der Waals surface area (Å²) in [5, 5.41) is 15.7. The summed E-state index contributed by atoms with van der Waals surface area (Å²) in [6, 6.07) is 7.76. The van der Waals surface area contributed by atoms with Gasteiger partial charge in [0.2, 0.25) is 11.8 Å². The van der Waals surface area contributed by atoms with Gasteiger partial charge in [-0.25, -0.2) is 0 Å². The van der Waals surface area contributed by atoms with Crippen molar-refractivity contribution in [1.82, 2.24) is 10.2 Å². The molecule has 3 rings (SSSR count). The van der Waals surface area contributed by atoms with Crippen molar-refractivity contribution in [3.63, 3.8) is 0 Å². The van der Waals surface area contributed by atoms with Crippen molar-refractivity contribution in [2.45, 2.75) is 51.2 Å². The second-order valence-electron chi connectivity index (χ2n) is 8.87. The van der Waals surface area contributed by atoms with Gasteiger partial charge >= 0.3 is 0 Å². The molecular formula is C25H37N3O4. The number of aliphatic hydroxyl groups excluding tert-OH is 1. The van der Waals surface area contributed by atoms with Gasteiger partial charge in [0.25, 0.3) is 0 Å². The van der Waals surface area contributed by atoms with Gasteiger partial charge in [-0.05, 0) is 49.9 Å². The van der Waals surface area contributed by atoms with Crippen LogP contribution in [-0.2, 0) is 14.3 Å². The number of hydrogen-bond acceptors (Lipinski definition) is 5. The number of nitrogens with zero attached hydrogens (tertiary/aromatic N) is 1. The summed E-state index contributed by atoms with van der Waals surface area (Å²) >= 11 is 0. The fourth-order valence-corrected chi connectivity index (χ4v) is 4.69. The minimum atomic E-state index is -0.148. The first-order valence-corrected chi connectivity index (χ1v) is 11.7. The molecule has 3 N–H and O–H groups in total. The molecule has 2 aliphatic heterocycles. The number of methoxy groups -OCH3 is 1. The van der Waals surface area contributed by atoms with Crippen LogP contribution in [0.1, 0.15) is 50.7 Å². The number of rotatable bonds is 9. The zero-order chi connectivity index (χ0) is 22.9. The maximum atomic E-state index is 12.4. The summed E-state index contributed by atoms with van der Waals surface area (Å²) in [6.07, 6.45) is 7.89. The second kappa shape index (κ2) is 12.1. The molecule has 0 aliphatic carbocycles. The molecule has 176 valence electrons. The molecule has 0 bridgehead atoms. The second-order valence-corrected chi connectivity index (χ2v) is 8.87. The first-order chi connectivity index (χ1) is 15.5. The van der Waals surface area contributed by atoms with Crippen LogP contribution in [-0.4, -0.2) is 61.2 Å². The zero-order valence-electron chi connectivity index (χ0n) is 19.3. The standard InChI is InChI=1S/C25H37N3O4/c1-18(6-3-9-23(30)28-15-5-8-22(28)17-29)24(32-2)19-10-12-21(13-11-19)27-25(31)20-7-4-14-26-16-20/h3,6,10-13,18,20,22,24,26,29H,4-5,7-9,14-17H2,1-2H3,(H,27,31)/b6-3+/t18-,20?,22+,24+/m1/s1. The minimum absolute atomic E-state index is 0.0243. The first-order valence-electron chi connectivity index (χ1n) is 11.7. The summed E-state index contributed by atoms with van der Waals surface area (Å²) in [4.78, 5) is 26.7. The largest absolute Gasteiger partial charge is 0.394 e. The average Bonchev–Trinajstić information content (AvgIpc) is 3.30. The van der Waals surface area contributed by atoms with Gasteiger partial charge in [0.05, 0.1) is 24.7 Å². The van der Waals surface area contributed by atoms with E-state index in [2.05, 4.69) is 17.6 Å². The van der Waals surface area contributed by atoms with Crippen LogP contribution < -0.4 is 10.6 Å². The monoisotopic (exact) mass is 443 g/mol. The minimum Gasteiger partial charge on any atom is -0.394 e. The van der Waals surface area contributed by atoms with E-state index >= 15 is 0 Å². The van der Waals surface area contributed by atoms with E-state index in [9.17, 15) is 14.7 Å². The highest BCUT2D eigenvalue weighted by Gasteiger charge is 2.27. The van der Waals surface area contributed by atoms with E-state index in [4.69, 9.17) is 4.74 Å². The van der Waals surface area contributed by atoms with Gasteiger partial charge in [0.1, 0.15) is 0 Å². The Bertz CT molecular complexity index is 774. The van der Waals surface area contributed by atoms with E-state index < -0.39 is 0 Å². The summed E-state index contributed by atoms with van der Waals surface area (Å²) in [5.41, 5.74) is 1.81. The number of amides is 2. The normalized spacial score (nSPS) is 23.3. The highest BCUT2D eigenvalue weighted by Crippen LogP contribution is 2.28. The van der Waals surface area contributed by atoms with Crippen molar-refractivity contribution in [2.75, 3.05) is 38.7 Å². The lowest BCUT2D eigenvalue weighted by Crippen LogP contribution is -2.37. The van der Waals surface area contributed by atoms with Crippen molar-refractivity contribution in [1.29, 1.82) is 0 Å². The molecule has 1 aromatic rings. The fraction of sp³-hybridized carbons (Fsp3) is 0.600. The fourth-order valence-electron chi connectivity index (χ4n) is 4.69. The Morgan fingerprint density at radius 1 is 1.28 bits per heavy atom. The third kappa shape index (κ3) is 6.40. The molecule has 4 atom stereocenters. The number of nitrogens with one attached hydrogen (secondary N) is 2. The Labute approximate surface area is 191 Å². The lowest BCUT2D eigenvalue weighted by molar-refractivity contribution is -0.131.